The first-order valence-electron chi connectivity index (χ1n) is 9.76. The van der Waals surface area contributed by atoms with Gasteiger partial charge in [-0.2, -0.15) is 0 Å². The summed E-state index contributed by atoms with van der Waals surface area (Å²) in [6.45, 7) is 4.03. The van der Waals surface area contributed by atoms with Gasteiger partial charge in [0.05, 0.1) is 34.0 Å². The van der Waals surface area contributed by atoms with Gasteiger partial charge in [-0.3, -0.25) is 4.79 Å². The number of hydrogen-bond acceptors (Lipinski definition) is 7. The Hall–Kier alpha value is -2.29. The van der Waals surface area contributed by atoms with E-state index in [1.54, 1.807) is 23.6 Å². The van der Waals surface area contributed by atoms with Crippen LogP contribution in [-0.2, 0) is 16.8 Å². The van der Waals surface area contributed by atoms with Gasteiger partial charge in [-0.05, 0) is 43.5 Å². The van der Waals surface area contributed by atoms with Crippen molar-refractivity contribution >= 4 is 34.4 Å². The highest BCUT2D eigenvalue weighted by Gasteiger charge is 2.43. The number of likely N-dealkylation sites (tertiary alicyclic amines) is 1. The second kappa shape index (κ2) is 7.19. The van der Waals surface area contributed by atoms with Gasteiger partial charge in [-0.15, -0.1) is 22.7 Å². The van der Waals surface area contributed by atoms with Crippen LogP contribution >= 0.6 is 22.7 Å². The van der Waals surface area contributed by atoms with E-state index in [4.69, 9.17) is 10.5 Å². The molecule has 2 N–H and O–H groups in total. The number of carbonyl (C=O) groups is 1. The van der Waals surface area contributed by atoms with Crippen LogP contribution < -0.4 is 5.73 Å². The number of aryl methyl sites for hydroxylation is 1. The van der Waals surface area contributed by atoms with Gasteiger partial charge in [-0.1, -0.05) is 6.07 Å². The molecule has 2 aliphatic heterocycles. The second-order valence-corrected chi connectivity index (χ2v) is 9.90. The molecule has 150 valence electrons. The summed E-state index contributed by atoms with van der Waals surface area (Å²) in [7, 11) is 0. The van der Waals surface area contributed by atoms with Crippen LogP contribution in [0, 0.1) is 6.92 Å². The molecule has 29 heavy (non-hydrogen) atoms. The van der Waals surface area contributed by atoms with E-state index in [0.29, 0.717) is 23.8 Å². The topological polar surface area (TPSA) is 81.3 Å². The third-order valence-corrected chi connectivity index (χ3v) is 7.84. The molecule has 1 saturated heterocycles. The van der Waals surface area contributed by atoms with Crippen molar-refractivity contribution in [1.82, 2.24) is 14.9 Å². The minimum absolute atomic E-state index is 0.0800. The Labute approximate surface area is 177 Å². The normalized spacial score (nSPS) is 18.0. The molecule has 0 aliphatic carbocycles. The fraction of sp³-hybridized carbons (Fsp3) is 0.381. The SMILES string of the molecule is Cc1ncc(C(=O)N2CCC3(CC2)OCCc2sc(-c4cccc(N)n4)cc23)s1. The molecule has 3 aromatic rings. The van der Waals surface area contributed by atoms with Crippen LogP contribution in [0.25, 0.3) is 10.6 Å². The van der Waals surface area contributed by atoms with Gasteiger partial charge < -0.3 is 15.4 Å². The van der Waals surface area contributed by atoms with Crippen LogP contribution in [0.5, 0.6) is 0 Å². The van der Waals surface area contributed by atoms with Crippen molar-refractivity contribution in [2.75, 3.05) is 25.4 Å². The highest BCUT2D eigenvalue weighted by molar-refractivity contribution is 7.15. The summed E-state index contributed by atoms with van der Waals surface area (Å²) in [6, 6.07) is 7.97. The fourth-order valence-corrected chi connectivity index (χ4v) is 6.18. The molecule has 0 bridgehead atoms. The van der Waals surface area contributed by atoms with E-state index in [9.17, 15) is 4.79 Å². The summed E-state index contributed by atoms with van der Waals surface area (Å²) in [5.74, 6) is 0.612. The molecule has 0 radical (unpaired) electrons. The standard InChI is InChI=1S/C21H22N4O2S2/c1-13-23-12-18(28-13)20(26)25-8-6-21(7-9-25)14-11-17(29-16(14)5-10-27-21)15-3-2-4-19(22)24-15/h2-4,11-12H,5-10H2,1H3,(H2,22,24). The number of thiophene rings is 1. The molecule has 1 amide bonds. The average Bonchev–Trinajstić information content (AvgIpc) is 3.36. The minimum atomic E-state index is -0.303. The average molecular weight is 427 g/mol. The molecule has 6 nitrogen and oxygen atoms in total. The molecule has 5 rings (SSSR count). The highest BCUT2D eigenvalue weighted by Crippen LogP contribution is 2.46. The number of nitrogen functional groups attached to an aromatic ring is 1. The largest absolute Gasteiger partial charge is 0.384 e. The lowest BCUT2D eigenvalue weighted by Gasteiger charge is -2.44. The van der Waals surface area contributed by atoms with E-state index < -0.39 is 0 Å². The first-order chi connectivity index (χ1) is 14.0. The van der Waals surface area contributed by atoms with Crippen molar-refractivity contribution in [2.24, 2.45) is 0 Å². The Kier molecular flexibility index (Phi) is 4.64. The Bertz CT molecular complexity index is 1070. The molecule has 1 spiro atoms. The van der Waals surface area contributed by atoms with Gasteiger partial charge >= 0.3 is 0 Å². The van der Waals surface area contributed by atoms with Crippen molar-refractivity contribution in [3.63, 3.8) is 0 Å². The number of nitrogens with two attached hydrogens (primary N) is 1. The number of nitrogens with zero attached hydrogens (tertiary/aromatic N) is 3. The summed E-state index contributed by atoms with van der Waals surface area (Å²) in [5, 5.41) is 0.919. The van der Waals surface area contributed by atoms with Crippen molar-refractivity contribution in [1.29, 1.82) is 0 Å². The summed E-state index contributed by atoms with van der Waals surface area (Å²) < 4.78 is 6.36. The molecule has 1 fully saturated rings. The molecule has 3 aromatic heterocycles. The summed E-state index contributed by atoms with van der Waals surface area (Å²) in [4.78, 5) is 26.6. The van der Waals surface area contributed by atoms with Crippen LogP contribution in [0.4, 0.5) is 5.82 Å². The van der Waals surface area contributed by atoms with Crippen LogP contribution in [0.3, 0.4) is 0 Å². The molecular formula is C21H22N4O2S2. The van der Waals surface area contributed by atoms with Gasteiger partial charge in [0.25, 0.3) is 5.91 Å². The van der Waals surface area contributed by atoms with Crippen LogP contribution in [0.1, 0.15) is 38.0 Å². The van der Waals surface area contributed by atoms with E-state index in [1.807, 2.05) is 24.0 Å². The summed E-state index contributed by atoms with van der Waals surface area (Å²) >= 11 is 3.24. The van der Waals surface area contributed by atoms with E-state index in [-0.39, 0.29) is 11.5 Å². The number of amides is 1. The maximum Gasteiger partial charge on any atom is 0.265 e. The number of rotatable bonds is 2. The summed E-state index contributed by atoms with van der Waals surface area (Å²) in [5.41, 5.74) is 7.75. The predicted molar refractivity (Wildman–Crippen MR) is 115 cm³/mol. The number of fused-ring (bicyclic) bond motifs is 2. The number of pyridine rings is 1. The zero-order chi connectivity index (χ0) is 20.0. The Morgan fingerprint density at radius 3 is 2.83 bits per heavy atom. The molecule has 0 aromatic carbocycles. The smallest absolute Gasteiger partial charge is 0.265 e. The van der Waals surface area contributed by atoms with Crippen LogP contribution in [-0.4, -0.2) is 40.5 Å². The van der Waals surface area contributed by atoms with Crippen molar-refractivity contribution in [3.05, 3.63) is 50.8 Å². The number of carbonyl (C=O) groups excluding carboxylic acids is 1. The van der Waals surface area contributed by atoms with Crippen molar-refractivity contribution < 1.29 is 9.53 Å². The predicted octanol–water partition coefficient (Wildman–Crippen LogP) is 3.86. The van der Waals surface area contributed by atoms with E-state index >= 15 is 0 Å². The van der Waals surface area contributed by atoms with Gasteiger partial charge in [-0.25, -0.2) is 9.97 Å². The quantitative estimate of drug-likeness (QED) is 0.673. The van der Waals surface area contributed by atoms with Gasteiger partial charge in [0.2, 0.25) is 0 Å². The van der Waals surface area contributed by atoms with Gasteiger partial charge in [0, 0.05) is 24.4 Å². The van der Waals surface area contributed by atoms with Crippen molar-refractivity contribution in [3.8, 4) is 10.6 Å². The zero-order valence-electron chi connectivity index (χ0n) is 16.2. The Morgan fingerprint density at radius 1 is 1.28 bits per heavy atom. The van der Waals surface area contributed by atoms with Crippen LogP contribution in [0.2, 0.25) is 0 Å². The molecule has 0 saturated carbocycles. The number of ether oxygens (including phenoxy) is 1. The zero-order valence-corrected chi connectivity index (χ0v) is 17.8. The molecule has 5 heterocycles. The lowest BCUT2D eigenvalue weighted by molar-refractivity contribution is -0.0926. The summed E-state index contributed by atoms with van der Waals surface area (Å²) in [6.07, 6.45) is 4.23. The molecule has 0 unspecified atom stereocenters. The van der Waals surface area contributed by atoms with E-state index in [2.05, 4.69) is 16.0 Å². The third kappa shape index (κ3) is 3.35. The first-order valence-corrected chi connectivity index (χ1v) is 11.4. The molecular weight excluding hydrogens is 404 g/mol. The number of piperidine rings is 1. The molecule has 8 heteroatoms. The molecule has 0 atom stereocenters. The maximum absolute atomic E-state index is 12.8. The lowest BCUT2D eigenvalue weighted by atomic mass is 9.82. The highest BCUT2D eigenvalue weighted by atomic mass is 32.1. The Balaban J connectivity index is 1.39. The van der Waals surface area contributed by atoms with Crippen LogP contribution in [0.15, 0.2) is 30.5 Å². The fourth-order valence-electron chi connectivity index (χ4n) is 4.23. The van der Waals surface area contributed by atoms with E-state index in [1.165, 1.54) is 21.8 Å². The number of thiazole rings is 1. The first kappa shape index (κ1) is 18.7. The maximum atomic E-state index is 12.8. The lowest BCUT2D eigenvalue weighted by Crippen LogP contribution is -2.47. The molecule has 2 aliphatic rings. The number of aromatic nitrogens is 2. The second-order valence-electron chi connectivity index (χ2n) is 7.52. The Morgan fingerprint density at radius 2 is 2.10 bits per heavy atom. The van der Waals surface area contributed by atoms with Gasteiger partial charge in [0.15, 0.2) is 0 Å². The van der Waals surface area contributed by atoms with E-state index in [0.717, 1.165) is 41.4 Å². The van der Waals surface area contributed by atoms with Gasteiger partial charge in [0.1, 0.15) is 10.7 Å². The number of hydrogen-bond donors (Lipinski definition) is 1. The monoisotopic (exact) mass is 426 g/mol. The number of anilines is 1. The third-order valence-electron chi connectivity index (χ3n) is 5.72. The van der Waals surface area contributed by atoms with Crippen molar-refractivity contribution in [2.45, 2.75) is 31.8 Å². The minimum Gasteiger partial charge on any atom is -0.384 e.